The minimum atomic E-state index is -9.75. The van der Waals surface area contributed by atoms with Gasteiger partial charge in [-0.2, -0.15) is 158 Å². The molecule has 0 aliphatic heterocycles. The average molecular weight is 1020 g/mol. The van der Waals surface area contributed by atoms with Gasteiger partial charge in [0.1, 0.15) is 13.2 Å². The molecule has 0 unspecified atom stereocenters. The van der Waals surface area contributed by atoms with E-state index in [2.05, 4.69) is 4.74 Å². The Bertz CT molecular complexity index is 1560. The third kappa shape index (κ3) is 8.49. The number of hydrogen-bond acceptors (Lipinski definition) is 4. The maximum atomic E-state index is 14.0. The van der Waals surface area contributed by atoms with Crippen molar-refractivity contribution in [2.45, 2.75) is 114 Å². The van der Waals surface area contributed by atoms with Gasteiger partial charge in [0.05, 0.1) is 0 Å². The first-order chi connectivity index (χ1) is 26.2. The Morgan fingerprint density at radius 1 is 0.258 bits per heavy atom. The van der Waals surface area contributed by atoms with Crippen LogP contribution in [0.5, 0.6) is 0 Å². The highest BCUT2D eigenvalue weighted by Crippen LogP contribution is 2.66. The first-order valence-corrected chi connectivity index (χ1v) is 13.5. The van der Waals surface area contributed by atoms with Crippen LogP contribution in [0.1, 0.15) is 6.92 Å². The van der Waals surface area contributed by atoms with E-state index < -0.39 is 128 Å². The molecule has 0 aromatic heterocycles. The molecule has 0 aromatic carbocycles. The Balaban J connectivity index is 7.01. The van der Waals surface area contributed by atoms with Crippen molar-refractivity contribution in [3.8, 4) is 0 Å². The molecule has 0 fully saturated rings. The van der Waals surface area contributed by atoms with Crippen molar-refractivity contribution in [1.29, 1.82) is 0 Å². The number of hydrogen-bond donors (Lipinski definition) is 0. The van der Waals surface area contributed by atoms with Crippen LogP contribution in [0.15, 0.2) is 0 Å². The summed E-state index contributed by atoms with van der Waals surface area (Å²) in [6.07, 6.45) is -40.7. The molecule has 62 heavy (non-hydrogen) atoms. The Hall–Kier alpha value is -2.68. The lowest BCUT2D eigenvalue weighted by atomic mass is 9.85. The van der Waals surface area contributed by atoms with Crippen molar-refractivity contribution >= 4 is 0 Å². The van der Waals surface area contributed by atoms with Gasteiger partial charge < -0.3 is 9.47 Å². The molecular weight excluding hydrogens is 1010 g/mol. The fourth-order valence-electron chi connectivity index (χ4n) is 3.23. The van der Waals surface area contributed by atoms with E-state index in [0.29, 0.717) is 0 Å². The second kappa shape index (κ2) is 15.5. The predicted octanol–water partition coefficient (Wildman–Crippen LogP) is 11.9. The van der Waals surface area contributed by atoms with E-state index in [1.807, 2.05) is 0 Å². The molecule has 0 saturated heterocycles. The van der Waals surface area contributed by atoms with Gasteiger partial charge in [0, 0.05) is 14.0 Å². The van der Waals surface area contributed by atoms with Gasteiger partial charge in [-0.25, -0.2) is 9.47 Å². The van der Waals surface area contributed by atoms with Crippen LogP contribution in [-0.4, -0.2) is 128 Å². The van der Waals surface area contributed by atoms with Crippen molar-refractivity contribution in [2.75, 3.05) is 20.3 Å². The molecule has 40 heteroatoms. The lowest BCUT2D eigenvalue weighted by molar-refractivity contribution is -0.543. The van der Waals surface area contributed by atoms with Gasteiger partial charge >= 0.3 is 108 Å². The molecule has 0 spiro atoms. The van der Waals surface area contributed by atoms with E-state index in [0.717, 1.165) is 4.74 Å². The molecule has 0 N–H and O–H groups in total. The van der Waals surface area contributed by atoms with E-state index in [1.165, 1.54) is 4.74 Å². The van der Waals surface area contributed by atoms with E-state index in [1.54, 1.807) is 4.74 Å². The first-order valence-electron chi connectivity index (χ1n) is 13.5. The molecule has 0 bridgehead atoms. The molecular formula is C22H10F36O4. The van der Waals surface area contributed by atoms with Gasteiger partial charge in [-0.05, 0) is 0 Å². The topological polar surface area (TPSA) is 36.9 Å². The number of alkyl halides is 36. The quantitative estimate of drug-likeness (QED) is 0.0956. The highest BCUT2D eigenvalue weighted by molar-refractivity contribution is 5.18. The minimum absolute atomic E-state index is 0.207. The minimum Gasteiger partial charge on any atom is -0.378 e. The molecule has 0 aromatic rings. The molecule has 0 saturated carbocycles. The summed E-state index contributed by atoms with van der Waals surface area (Å²) >= 11 is 0. The van der Waals surface area contributed by atoms with Gasteiger partial charge in [-0.3, -0.25) is 0 Å². The molecule has 0 rings (SSSR count). The van der Waals surface area contributed by atoms with Crippen LogP contribution in [0, 0.1) is 0 Å². The van der Waals surface area contributed by atoms with Crippen molar-refractivity contribution in [3.63, 3.8) is 0 Å². The van der Waals surface area contributed by atoms with E-state index in [4.69, 9.17) is 0 Å². The molecule has 0 heterocycles. The average Bonchev–Trinajstić information content (AvgIpc) is 3.01. The Morgan fingerprint density at radius 3 is 0.726 bits per heavy atom. The Labute approximate surface area is 313 Å². The number of halogens is 36. The van der Waals surface area contributed by atoms with Crippen molar-refractivity contribution in [1.82, 2.24) is 0 Å². The summed E-state index contributed by atoms with van der Waals surface area (Å²) < 4.78 is 496. The molecule has 0 amide bonds. The fourth-order valence-corrected chi connectivity index (χ4v) is 3.23. The number of ether oxygens (including phenoxy) is 4. The van der Waals surface area contributed by atoms with Gasteiger partial charge in [-0.1, -0.05) is 0 Å². The summed E-state index contributed by atoms with van der Waals surface area (Å²) in [6.45, 7) is -9.84. The van der Waals surface area contributed by atoms with Gasteiger partial charge in [-0.15, -0.1) is 0 Å². The molecule has 0 aliphatic carbocycles. The summed E-state index contributed by atoms with van der Waals surface area (Å²) in [5.41, 5.74) is 0. The van der Waals surface area contributed by atoms with Crippen LogP contribution in [-0.2, 0) is 18.9 Å². The molecule has 0 aliphatic rings. The first kappa shape index (κ1) is 59.3. The third-order valence-electron chi connectivity index (χ3n) is 6.93. The van der Waals surface area contributed by atoms with Gasteiger partial charge in [0.15, 0.2) is 0 Å². The van der Waals surface area contributed by atoms with Crippen LogP contribution < -0.4 is 0 Å². The maximum Gasteiger partial charge on any atom is 0.453 e. The fraction of sp³-hybridized carbons (Fsp3) is 1.00. The lowest BCUT2D eigenvalue weighted by Gasteiger charge is -2.45. The van der Waals surface area contributed by atoms with Crippen molar-refractivity contribution in [2.24, 2.45) is 0 Å². The van der Waals surface area contributed by atoms with Crippen molar-refractivity contribution < 1.29 is 177 Å². The highest BCUT2D eigenvalue weighted by Gasteiger charge is 2.98. The van der Waals surface area contributed by atoms with Crippen LogP contribution in [0.3, 0.4) is 0 Å². The summed E-state index contributed by atoms with van der Waals surface area (Å²) in [5.74, 6) is -114. The predicted molar refractivity (Wildman–Crippen MR) is 115 cm³/mol. The second-order valence-electron chi connectivity index (χ2n) is 11.6. The van der Waals surface area contributed by atoms with Gasteiger partial charge in [0.25, 0.3) is 0 Å². The highest BCUT2D eigenvalue weighted by atomic mass is 19.4. The summed E-state index contributed by atoms with van der Waals surface area (Å²) in [7, 11) is -0.207. The summed E-state index contributed by atoms with van der Waals surface area (Å²) in [6, 6.07) is 0. The maximum absolute atomic E-state index is 14.0. The van der Waals surface area contributed by atoms with Crippen LogP contribution in [0.25, 0.3) is 0 Å². The molecule has 0 radical (unpaired) electrons. The zero-order valence-corrected chi connectivity index (χ0v) is 27.7. The summed E-state index contributed by atoms with van der Waals surface area (Å²) in [5, 5.41) is 0. The SMILES string of the molecule is COCC(F)(F)C(F)(F)C(F)(F)C(F)(F)C(F)(F)C(F)(F)C(F)(F)C(F)(F)C(F)(F)C(F)(F)COC(F)(F)C(F)(F)OC(F)(F)C(F)(F)C(F)(F)C(F)(F)OC(F)(F)C(C)(F)F. The zero-order chi connectivity index (χ0) is 51.2. The molecule has 0 atom stereocenters. The number of rotatable bonds is 23. The van der Waals surface area contributed by atoms with E-state index in [-0.39, 0.29) is 7.11 Å². The Morgan fingerprint density at radius 2 is 0.484 bits per heavy atom. The monoisotopic (exact) mass is 1020 g/mol. The van der Waals surface area contributed by atoms with E-state index in [9.17, 15) is 158 Å². The second-order valence-corrected chi connectivity index (χ2v) is 11.6. The third-order valence-corrected chi connectivity index (χ3v) is 6.93. The number of methoxy groups -OCH3 is 1. The van der Waals surface area contributed by atoms with Crippen LogP contribution in [0.4, 0.5) is 158 Å². The van der Waals surface area contributed by atoms with Crippen molar-refractivity contribution in [3.05, 3.63) is 0 Å². The normalized spacial score (nSPS) is 16.9. The van der Waals surface area contributed by atoms with Crippen LogP contribution >= 0.6 is 0 Å². The Kier molecular flexibility index (Phi) is 14.8. The van der Waals surface area contributed by atoms with Gasteiger partial charge in [0.2, 0.25) is 0 Å². The largest absolute Gasteiger partial charge is 0.453 e. The molecule has 374 valence electrons. The smallest absolute Gasteiger partial charge is 0.378 e. The summed E-state index contributed by atoms with van der Waals surface area (Å²) in [4.78, 5) is 0. The zero-order valence-electron chi connectivity index (χ0n) is 27.7. The standard InChI is InChI=1S/C22H10F36O4/c1-5(23,24)18(49,50)61-19(51,52)16(45,46)17(47,48)20(53,54)62-22(57,58)21(55,56)60-4-7(27,28)9(31,32)11(35,36)13(39,40)15(43,44)14(41,42)12(37,38)10(33,34)8(29,30)6(25,26)3-59-2/h3-4H2,1-2H3. The molecule has 4 nitrogen and oxygen atoms in total. The van der Waals surface area contributed by atoms with E-state index >= 15 is 0 Å². The lowest BCUT2D eigenvalue weighted by Crippen LogP contribution is -2.77. The van der Waals surface area contributed by atoms with Crippen LogP contribution in [0.2, 0.25) is 0 Å².